The molecule has 1 atom stereocenters. The number of carbonyl (C=O) groups is 2. The zero-order chi connectivity index (χ0) is 23.8. The number of hydrogen-bond donors (Lipinski definition) is 1. The van der Waals surface area contributed by atoms with E-state index < -0.39 is 6.04 Å². The maximum atomic E-state index is 13.3. The molecule has 1 N–H and O–H groups in total. The highest BCUT2D eigenvalue weighted by atomic mass is 35.5. The van der Waals surface area contributed by atoms with Gasteiger partial charge in [-0.05, 0) is 61.2 Å². The molecule has 8 heteroatoms. The Balaban J connectivity index is 1.77. The Morgan fingerprint density at radius 2 is 1.73 bits per heavy atom. The predicted molar refractivity (Wildman–Crippen MR) is 133 cm³/mol. The molecule has 0 heterocycles. The van der Waals surface area contributed by atoms with Crippen molar-refractivity contribution in [2.75, 3.05) is 6.61 Å². The maximum absolute atomic E-state index is 13.3. The molecule has 2 aromatic carbocycles. The van der Waals surface area contributed by atoms with Crippen LogP contribution in [-0.4, -0.2) is 35.4 Å². The third-order valence-electron chi connectivity index (χ3n) is 5.85. The number of nitrogens with one attached hydrogen (secondary N) is 1. The standard InChI is InChI=1S/C25H29Cl3N2O3/c1-2-23(25(32)29-19-6-4-3-5-7-19)30(15-17-8-13-21(27)22(28)14-17)24(31)16-33-20-11-9-18(26)10-12-20/h8-14,19,23H,2-7,15-16H2,1H3,(H,29,32)/t23-/m1/s1. The Morgan fingerprint density at radius 1 is 1.03 bits per heavy atom. The van der Waals surface area contributed by atoms with Crippen molar-refractivity contribution in [3.05, 3.63) is 63.1 Å². The lowest BCUT2D eigenvalue weighted by Gasteiger charge is -2.32. The van der Waals surface area contributed by atoms with Gasteiger partial charge in [0.15, 0.2) is 6.61 Å². The van der Waals surface area contributed by atoms with E-state index in [0.29, 0.717) is 27.2 Å². The molecule has 0 spiro atoms. The lowest BCUT2D eigenvalue weighted by Crippen LogP contribution is -2.52. The van der Waals surface area contributed by atoms with Gasteiger partial charge in [0.25, 0.3) is 5.91 Å². The molecule has 1 saturated carbocycles. The highest BCUT2D eigenvalue weighted by molar-refractivity contribution is 6.42. The molecule has 3 rings (SSSR count). The molecule has 2 amide bonds. The van der Waals surface area contributed by atoms with Crippen molar-refractivity contribution in [1.29, 1.82) is 0 Å². The van der Waals surface area contributed by atoms with Crippen molar-refractivity contribution in [3.63, 3.8) is 0 Å². The van der Waals surface area contributed by atoms with Crippen LogP contribution in [0.5, 0.6) is 5.75 Å². The summed E-state index contributed by atoms with van der Waals surface area (Å²) in [6, 6.07) is 11.5. The van der Waals surface area contributed by atoms with E-state index in [4.69, 9.17) is 39.5 Å². The van der Waals surface area contributed by atoms with Crippen LogP contribution in [0.1, 0.15) is 51.0 Å². The van der Waals surface area contributed by atoms with E-state index in [-0.39, 0.29) is 31.0 Å². The summed E-state index contributed by atoms with van der Waals surface area (Å²) < 4.78 is 5.68. The van der Waals surface area contributed by atoms with Gasteiger partial charge >= 0.3 is 0 Å². The Kier molecular flexibility index (Phi) is 9.72. The Bertz CT molecular complexity index is 946. The molecule has 0 aromatic heterocycles. The van der Waals surface area contributed by atoms with Gasteiger partial charge < -0.3 is 15.0 Å². The number of hydrogen-bond acceptors (Lipinski definition) is 3. The predicted octanol–water partition coefficient (Wildman–Crippen LogP) is 6.28. The summed E-state index contributed by atoms with van der Waals surface area (Å²) in [5.74, 6) is 0.105. The average Bonchev–Trinajstić information content (AvgIpc) is 2.81. The van der Waals surface area contributed by atoms with Crippen molar-refractivity contribution in [3.8, 4) is 5.75 Å². The summed E-state index contributed by atoms with van der Waals surface area (Å²) in [4.78, 5) is 28.0. The lowest BCUT2D eigenvalue weighted by molar-refractivity contribution is -0.143. The smallest absolute Gasteiger partial charge is 0.261 e. The van der Waals surface area contributed by atoms with Crippen LogP contribution in [0.25, 0.3) is 0 Å². The largest absolute Gasteiger partial charge is 0.484 e. The van der Waals surface area contributed by atoms with Gasteiger partial charge in [-0.1, -0.05) is 67.1 Å². The molecule has 2 aromatic rings. The first-order valence-corrected chi connectivity index (χ1v) is 12.4. The van der Waals surface area contributed by atoms with Crippen molar-refractivity contribution in [2.24, 2.45) is 0 Å². The average molecular weight is 512 g/mol. The van der Waals surface area contributed by atoms with Crippen LogP contribution in [0.3, 0.4) is 0 Å². The van der Waals surface area contributed by atoms with E-state index in [0.717, 1.165) is 31.2 Å². The van der Waals surface area contributed by atoms with E-state index in [1.807, 2.05) is 6.92 Å². The van der Waals surface area contributed by atoms with Gasteiger partial charge in [0.2, 0.25) is 5.91 Å². The number of ether oxygens (including phenoxy) is 1. The normalized spacial score (nSPS) is 15.0. The Labute approximate surface area is 210 Å². The first-order chi connectivity index (χ1) is 15.9. The van der Waals surface area contributed by atoms with Crippen molar-refractivity contribution >= 4 is 46.6 Å². The van der Waals surface area contributed by atoms with E-state index >= 15 is 0 Å². The van der Waals surface area contributed by atoms with Gasteiger partial charge in [0.05, 0.1) is 10.0 Å². The molecule has 178 valence electrons. The van der Waals surface area contributed by atoms with Crippen LogP contribution >= 0.6 is 34.8 Å². The fourth-order valence-electron chi connectivity index (χ4n) is 4.06. The molecule has 1 aliphatic carbocycles. The van der Waals surface area contributed by atoms with Crippen molar-refractivity contribution in [2.45, 2.75) is 64.1 Å². The lowest BCUT2D eigenvalue weighted by atomic mass is 9.95. The molecule has 1 aliphatic rings. The zero-order valence-electron chi connectivity index (χ0n) is 18.7. The third kappa shape index (κ3) is 7.53. The summed E-state index contributed by atoms with van der Waals surface area (Å²) >= 11 is 18.2. The Morgan fingerprint density at radius 3 is 2.36 bits per heavy atom. The van der Waals surface area contributed by atoms with Crippen LogP contribution < -0.4 is 10.1 Å². The molecular weight excluding hydrogens is 483 g/mol. The first-order valence-electron chi connectivity index (χ1n) is 11.3. The molecule has 0 bridgehead atoms. The highest BCUT2D eigenvalue weighted by Gasteiger charge is 2.30. The van der Waals surface area contributed by atoms with Gasteiger partial charge in [0.1, 0.15) is 11.8 Å². The minimum Gasteiger partial charge on any atom is -0.484 e. The molecule has 33 heavy (non-hydrogen) atoms. The van der Waals surface area contributed by atoms with E-state index in [2.05, 4.69) is 5.32 Å². The molecule has 0 saturated heterocycles. The van der Waals surface area contributed by atoms with Crippen molar-refractivity contribution in [1.82, 2.24) is 10.2 Å². The summed E-state index contributed by atoms with van der Waals surface area (Å²) in [6.45, 7) is 1.92. The zero-order valence-corrected chi connectivity index (χ0v) is 20.9. The fourth-order valence-corrected chi connectivity index (χ4v) is 4.50. The van der Waals surface area contributed by atoms with Crippen LogP contribution in [0.15, 0.2) is 42.5 Å². The molecule has 5 nitrogen and oxygen atoms in total. The van der Waals surface area contributed by atoms with Crippen LogP contribution in [0.2, 0.25) is 15.1 Å². The Hall–Kier alpha value is -1.95. The fraction of sp³-hybridized carbons (Fsp3) is 0.440. The quantitative estimate of drug-likeness (QED) is 0.431. The van der Waals surface area contributed by atoms with Crippen LogP contribution in [0, 0.1) is 0 Å². The van der Waals surface area contributed by atoms with Crippen LogP contribution in [-0.2, 0) is 16.1 Å². The minimum absolute atomic E-state index is 0.135. The van der Waals surface area contributed by atoms with Gasteiger partial charge in [0, 0.05) is 17.6 Å². The highest BCUT2D eigenvalue weighted by Crippen LogP contribution is 2.25. The van der Waals surface area contributed by atoms with E-state index in [1.54, 1.807) is 47.4 Å². The minimum atomic E-state index is -0.623. The molecule has 1 fully saturated rings. The van der Waals surface area contributed by atoms with Gasteiger partial charge in [-0.2, -0.15) is 0 Å². The summed E-state index contributed by atoms with van der Waals surface area (Å²) in [6.07, 6.45) is 5.86. The number of carbonyl (C=O) groups excluding carboxylic acids is 2. The second kappa shape index (κ2) is 12.5. The summed E-state index contributed by atoms with van der Waals surface area (Å²) in [5.41, 5.74) is 0.785. The number of halogens is 3. The number of nitrogens with zero attached hydrogens (tertiary/aromatic N) is 1. The van der Waals surface area contributed by atoms with Gasteiger partial charge in [-0.3, -0.25) is 9.59 Å². The summed E-state index contributed by atoms with van der Waals surface area (Å²) in [7, 11) is 0. The third-order valence-corrected chi connectivity index (χ3v) is 6.84. The first kappa shape index (κ1) is 25.7. The second-order valence-corrected chi connectivity index (χ2v) is 9.53. The van der Waals surface area contributed by atoms with Gasteiger partial charge in [-0.15, -0.1) is 0 Å². The monoisotopic (exact) mass is 510 g/mol. The van der Waals surface area contributed by atoms with Crippen LogP contribution in [0.4, 0.5) is 0 Å². The topological polar surface area (TPSA) is 58.6 Å². The molecule has 0 radical (unpaired) electrons. The summed E-state index contributed by atoms with van der Waals surface area (Å²) in [5, 5.41) is 4.58. The maximum Gasteiger partial charge on any atom is 0.261 e. The number of rotatable bonds is 9. The molecular formula is C25H29Cl3N2O3. The number of amides is 2. The SMILES string of the molecule is CC[C@H](C(=O)NC1CCCCC1)N(Cc1ccc(Cl)c(Cl)c1)C(=O)COc1ccc(Cl)cc1. The number of benzene rings is 2. The van der Waals surface area contributed by atoms with Gasteiger partial charge in [-0.25, -0.2) is 0 Å². The molecule has 0 unspecified atom stereocenters. The van der Waals surface area contributed by atoms with E-state index in [1.165, 1.54) is 6.42 Å². The van der Waals surface area contributed by atoms with E-state index in [9.17, 15) is 9.59 Å². The van der Waals surface area contributed by atoms with Crippen molar-refractivity contribution < 1.29 is 14.3 Å². The second-order valence-electron chi connectivity index (χ2n) is 8.28. The molecule has 0 aliphatic heterocycles.